The normalized spacial score (nSPS) is 18.1. The molecule has 2 amide bonds. The van der Waals surface area contributed by atoms with Crippen molar-refractivity contribution < 1.29 is 9.59 Å². The first kappa shape index (κ1) is 13.6. The van der Waals surface area contributed by atoms with E-state index >= 15 is 0 Å². The summed E-state index contributed by atoms with van der Waals surface area (Å²) in [7, 11) is 0. The lowest BCUT2D eigenvalue weighted by molar-refractivity contribution is -0.130. The Hall–Kier alpha value is -1.85. The number of likely N-dealkylation sites (tertiary alicyclic amines) is 1. The van der Waals surface area contributed by atoms with Crippen molar-refractivity contribution >= 4 is 11.8 Å². The van der Waals surface area contributed by atoms with Gasteiger partial charge < -0.3 is 10.2 Å². The molecule has 1 N–H and O–H groups in total. The first-order valence-corrected chi connectivity index (χ1v) is 6.63. The molecule has 6 heteroatoms. The number of piperidine rings is 1. The van der Waals surface area contributed by atoms with E-state index in [1.807, 2.05) is 11.8 Å². The molecule has 0 bridgehead atoms. The second-order valence-electron chi connectivity index (χ2n) is 4.95. The van der Waals surface area contributed by atoms with Gasteiger partial charge in [-0.3, -0.25) is 14.3 Å². The number of nitrogens with zero attached hydrogens (tertiary/aromatic N) is 3. The minimum atomic E-state index is -0.305. The van der Waals surface area contributed by atoms with Crippen molar-refractivity contribution in [3.63, 3.8) is 0 Å². The Morgan fingerprint density at radius 3 is 2.58 bits per heavy atom. The van der Waals surface area contributed by atoms with Crippen molar-refractivity contribution in [2.75, 3.05) is 13.1 Å². The van der Waals surface area contributed by atoms with Crippen LogP contribution in [-0.4, -0.2) is 45.6 Å². The van der Waals surface area contributed by atoms with E-state index in [1.54, 1.807) is 30.1 Å². The fourth-order valence-electron chi connectivity index (χ4n) is 2.29. The van der Waals surface area contributed by atoms with E-state index in [0.29, 0.717) is 0 Å². The van der Waals surface area contributed by atoms with E-state index in [2.05, 4.69) is 10.4 Å². The van der Waals surface area contributed by atoms with E-state index in [9.17, 15) is 9.59 Å². The molecule has 1 aliphatic rings. The maximum atomic E-state index is 12.1. The van der Waals surface area contributed by atoms with Crippen molar-refractivity contribution in [3.8, 4) is 0 Å². The summed E-state index contributed by atoms with van der Waals surface area (Å²) in [4.78, 5) is 25.1. The van der Waals surface area contributed by atoms with Gasteiger partial charge in [0.2, 0.25) is 11.8 Å². The molecule has 1 aromatic heterocycles. The Morgan fingerprint density at radius 2 is 2.05 bits per heavy atom. The lowest BCUT2D eigenvalue weighted by atomic mass is 10.0. The fraction of sp³-hybridized carbons (Fsp3) is 0.615. The molecule has 2 rings (SSSR count). The van der Waals surface area contributed by atoms with Crippen LogP contribution in [0.25, 0.3) is 0 Å². The van der Waals surface area contributed by atoms with Gasteiger partial charge in [-0.2, -0.15) is 5.10 Å². The van der Waals surface area contributed by atoms with E-state index in [0.717, 1.165) is 25.9 Å². The average Bonchev–Trinajstić information content (AvgIpc) is 2.92. The minimum Gasteiger partial charge on any atom is -0.351 e. The number of nitrogens with one attached hydrogen (secondary N) is 1. The topological polar surface area (TPSA) is 67.2 Å². The first-order chi connectivity index (χ1) is 9.08. The fourth-order valence-corrected chi connectivity index (χ4v) is 2.29. The lowest BCUT2D eigenvalue weighted by Crippen LogP contribution is -2.47. The van der Waals surface area contributed by atoms with Crippen LogP contribution in [0, 0.1) is 0 Å². The summed E-state index contributed by atoms with van der Waals surface area (Å²) in [6.45, 7) is 4.85. The number of hydrogen-bond acceptors (Lipinski definition) is 3. The van der Waals surface area contributed by atoms with Crippen LogP contribution in [-0.2, 0) is 9.59 Å². The number of amides is 2. The highest BCUT2D eigenvalue weighted by atomic mass is 16.2. The van der Waals surface area contributed by atoms with Gasteiger partial charge in [-0.15, -0.1) is 0 Å². The van der Waals surface area contributed by atoms with Gasteiger partial charge in [0.25, 0.3) is 0 Å². The van der Waals surface area contributed by atoms with Gasteiger partial charge in [0.15, 0.2) is 0 Å². The second-order valence-corrected chi connectivity index (χ2v) is 4.95. The maximum Gasteiger partial charge on any atom is 0.244 e. The lowest BCUT2D eigenvalue weighted by Gasteiger charge is -2.32. The van der Waals surface area contributed by atoms with Crippen molar-refractivity contribution in [2.24, 2.45) is 0 Å². The summed E-state index contributed by atoms with van der Waals surface area (Å²) < 4.78 is 1.64. The number of carbonyl (C=O) groups excluding carboxylic acids is 2. The summed E-state index contributed by atoms with van der Waals surface area (Å²) in [6, 6.07) is 1.65. The minimum absolute atomic E-state index is 0.0232. The molecule has 1 aromatic rings. The van der Waals surface area contributed by atoms with Crippen LogP contribution < -0.4 is 5.32 Å². The molecule has 1 saturated heterocycles. The third-order valence-corrected chi connectivity index (χ3v) is 3.59. The molecule has 0 spiro atoms. The van der Waals surface area contributed by atoms with Crippen molar-refractivity contribution in [2.45, 2.75) is 38.8 Å². The molecule has 19 heavy (non-hydrogen) atoms. The van der Waals surface area contributed by atoms with Crippen LogP contribution in [0.15, 0.2) is 18.5 Å². The summed E-state index contributed by atoms with van der Waals surface area (Å²) in [6.07, 6.45) is 5.08. The largest absolute Gasteiger partial charge is 0.351 e. The van der Waals surface area contributed by atoms with Crippen LogP contribution in [0.5, 0.6) is 0 Å². The third-order valence-electron chi connectivity index (χ3n) is 3.59. The van der Waals surface area contributed by atoms with Crippen LogP contribution in [0.4, 0.5) is 0 Å². The number of carbonyl (C=O) groups is 2. The zero-order chi connectivity index (χ0) is 13.8. The molecule has 0 aliphatic carbocycles. The van der Waals surface area contributed by atoms with E-state index < -0.39 is 0 Å². The van der Waals surface area contributed by atoms with Gasteiger partial charge in [-0.05, 0) is 25.8 Å². The molecule has 6 nitrogen and oxygen atoms in total. The predicted octanol–water partition coefficient (Wildman–Crippen LogP) is 0.571. The SMILES string of the molecule is CC(=O)N1CCC(NC(=O)[C@@H](C)n2cccn2)CC1. The zero-order valence-electron chi connectivity index (χ0n) is 11.4. The Balaban J connectivity index is 1.82. The number of hydrogen-bond donors (Lipinski definition) is 1. The highest BCUT2D eigenvalue weighted by Crippen LogP contribution is 2.12. The van der Waals surface area contributed by atoms with E-state index in [4.69, 9.17) is 0 Å². The van der Waals surface area contributed by atoms with Crippen LogP contribution in [0.1, 0.15) is 32.7 Å². The quantitative estimate of drug-likeness (QED) is 0.868. The summed E-state index contributed by atoms with van der Waals surface area (Å²) in [5.41, 5.74) is 0. The van der Waals surface area contributed by atoms with Gasteiger partial charge >= 0.3 is 0 Å². The predicted molar refractivity (Wildman–Crippen MR) is 70.4 cm³/mol. The molecule has 0 saturated carbocycles. The molecule has 0 aromatic carbocycles. The molecule has 2 heterocycles. The third kappa shape index (κ3) is 3.33. The highest BCUT2D eigenvalue weighted by Gasteiger charge is 2.24. The molecule has 0 unspecified atom stereocenters. The van der Waals surface area contributed by atoms with Crippen LogP contribution in [0.3, 0.4) is 0 Å². The molecule has 0 radical (unpaired) electrons. The summed E-state index contributed by atoms with van der Waals surface area (Å²) in [5, 5.41) is 7.10. The molecule has 1 fully saturated rings. The van der Waals surface area contributed by atoms with Gasteiger partial charge in [-0.1, -0.05) is 0 Å². The Morgan fingerprint density at radius 1 is 1.37 bits per heavy atom. The van der Waals surface area contributed by atoms with E-state index in [1.165, 1.54) is 0 Å². The monoisotopic (exact) mass is 264 g/mol. The molecule has 1 aliphatic heterocycles. The van der Waals surface area contributed by atoms with Gasteiger partial charge in [0, 0.05) is 38.4 Å². The highest BCUT2D eigenvalue weighted by molar-refractivity contribution is 5.80. The average molecular weight is 264 g/mol. The molecule has 1 atom stereocenters. The first-order valence-electron chi connectivity index (χ1n) is 6.63. The van der Waals surface area contributed by atoms with Gasteiger partial charge in [0.1, 0.15) is 6.04 Å². The number of aromatic nitrogens is 2. The van der Waals surface area contributed by atoms with Crippen LogP contribution in [0.2, 0.25) is 0 Å². The zero-order valence-corrected chi connectivity index (χ0v) is 11.4. The van der Waals surface area contributed by atoms with Crippen molar-refractivity contribution in [1.82, 2.24) is 20.0 Å². The van der Waals surface area contributed by atoms with Crippen molar-refractivity contribution in [3.05, 3.63) is 18.5 Å². The van der Waals surface area contributed by atoms with Gasteiger partial charge in [0.05, 0.1) is 0 Å². The van der Waals surface area contributed by atoms with Crippen LogP contribution >= 0.6 is 0 Å². The molecule has 104 valence electrons. The van der Waals surface area contributed by atoms with E-state index in [-0.39, 0.29) is 23.9 Å². The Labute approximate surface area is 112 Å². The Kier molecular flexibility index (Phi) is 4.19. The smallest absolute Gasteiger partial charge is 0.244 e. The summed E-state index contributed by atoms with van der Waals surface area (Å²) >= 11 is 0. The summed E-state index contributed by atoms with van der Waals surface area (Å²) in [5.74, 6) is 0.0830. The molecular weight excluding hydrogens is 244 g/mol. The Bertz CT molecular complexity index is 436. The van der Waals surface area contributed by atoms with Crippen molar-refractivity contribution in [1.29, 1.82) is 0 Å². The second kappa shape index (κ2) is 5.86. The molecular formula is C13H20N4O2. The van der Waals surface area contributed by atoms with Gasteiger partial charge in [-0.25, -0.2) is 0 Å². The standard InChI is InChI=1S/C13H20N4O2/c1-10(17-7-3-6-14-17)13(19)15-12-4-8-16(9-5-12)11(2)18/h3,6-7,10,12H,4-5,8-9H2,1-2H3,(H,15,19)/t10-/m1/s1. The maximum absolute atomic E-state index is 12.1. The number of rotatable bonds is 3.